The van der Waals surface area contributed by atoms with Crippen molar-refractivity contribution in [2.75, 3.05) is 5.43 Å². The Balaban J connectivity index is 2.04. The van der Waals surface area contributed by atoms with Gasteiger partial charge in [0.05, 0.1) is 23.5 Å². The first-order valence-electron chi connectivity index (χ1n) is 5.43. The predicted octanol–water partition coefficient (Wildman–Crippen LogP) is 2.33. The van der Waals surface area contributed by atoms with E-state index in [1.807, 2.05) is 0 Å². The number of anilines is 1. The Morgan fingerprint density at radius 3 is 2.85 bits per heavy atom. The zero-order valence-corrected chi connectivity index (χ0v) is 10.0. The molecule has 0 aliphatic heterocycles. The average Bonchev–Trinajstić information content (AvgIpc) is 2.88. The van der Waals surface area contributed by atoms with Gasteiger partial charge in [-0.3, -0.25) is 15.5 Å². The summed E-state index contributed by atoms with van der Waals surface area (Å²) in [6, 6.07) is 8.67. The molecule has 0 saturated carbocycles. The highest BCUT2D eigenvalue weighted by Gasteiger charge is 2.10. The van der Waals surface area contributed by atoms with Crippen molar-refractivity contribution in [3.63, 3.8) is 0 Å². The minimum absolute atomic E-state index is 0.124. The molecule has 2 aromatic rings. The molecular weight excluding hydrogens is 266 g/mol. The Hall–Kier alpha value is -3.16. The van der Waals surface area contributed by atoms with Gasteiger partial charge in [0.15, 0.2) is 5.76 Å². The lowest BCUT2D eigenvalue weighted by molar-refractivity contribution is -0.402. The maximum Gasteiger partial charge on any atom is 0.433 e. The van der Waals surface area contributed by atoms with Crippen molar-refractivity contribution in [3.05, 3.63) is 57.8 Å². The van der Waals surface area contributed by atoms with Gasteiger partial charge in [-0.15, -0.1) is 0 Å². The summed E-state index contributed by atoms with van der Waals surface area (Å²) in [5.41, 5.74) is 3.20. The molecule has 0 spiro atoms. The summed E-state index contributed by atoms with van der Waals surface area (Å²) < 4.78 is 4.86. The maximum absolute atomic E-state index is 10.8. The highest BCUT2D eigenvalue weighted by Crippen LogP contribution is 2.14. The molecule has 0 unspecified atom stereocenters. The van der Waals surface area contributed by atoms with Gasteiger partial charge < -0.3 is 9.52 Å². The Labute approximate surface area is 112 Å². The van der Waals surface area contributed by atoms with Gasteiger partial charge >= 0.3 is 11.9 Å². The first kappa shape index (κ1) is 13.3. The molecule has 0 radical (unpaired) electrons. The van der Waals surface area contributed by atoms with Crippen LogP contribution in [0.15, 0.2) is 45.9 Å². The fraction of sp³-hybridized carbons (Fsp3) is 0. The van der Waals surface area contributed by atoms with Crippen LogP contribution >= 0.6 is 0 Å². The van der Waals surface area contributed by atoms with Crippen molar-refractivity contribution in [1.82, 2.24) is 0 Å². The van der Waals surface area contributed by atoms with Crippen LogP contribution in [-0.2, 0) is 0 Å². The maximum atomic E-state index is 10.8. The van der Waals surface area contributed by atoms with E-state index < -0.39 is 10.9 Å². The van der Waals surface area contributed by atoms with Crippen LogP contribution < -0.4 is 5.43 Å². The largest absolute Gasteiger partial charge is 0.478 e. The highest BCUT2D eigenvalue weighted by atomic mass is 16.6. The minimum Gasteiger partial charge on any atom is -0.478 e. The molecule has 0 bridgehead atoms. The van der Waals surface area contributed by atoms with E-state index in [-0.39, 0.29) is 17.2 Å². The van der Waals surface area contributed by atoms with Crippen molar-refractivity contribution >= 4 is 23.8 Å². The molecule has 8 heteroatoms. The summed E-state index contributed by atoms with van der Waals surface area (Å²) in [6.45, 7) is 0. The summed E-state index contributed by atoms with van der Waals surface area (Å²) in [4.78, 5) is 20.5. The molecule has 0 amide bonds. The Kier molecular flexibility index (Phi) is 3.75. The van der Waals surface area contributed by atoms with Crippen molar-refractivity contribution in [3.8, 4) is 0 Å². The Morgan fingerprint density at radius 2 is 2.20 bits per heavy atom. The van der Waals surface area contributed by atoms with Crippen molar-refractivity contribution in [2.24, 2.45) is 5.10 Å². The van der Waals surface area contributed by atoms with Crippen LogP contribution in [0.2, 0.25) is 0 Å². The summed E-state index contributed by atoms with van der Waals surface area (Å²) in [6.07, 6.45) is 1.25. The van der Waals surface area contributed by atoms with E-state index in [4.69, 9.17) is 9.52 Å². The molecule has 1 aromatic carbocycles. The number of hydrogen-bond donors (Lipinski definition) is 2. The molecule has 0 atom stereocenters. The fourth-order valence-electron chi connectivity index (χ4n) is 1.40. The third-order valence-corrected chi connectivity index (χ3v) is 2.29. The summed E-state index contributed by atoms with van der Waals surface area (Å²) >= 11 is 0. The van der Waals surface area contributed by atoms with Gasteiger partial charge in [-0.1, -0.05) is 6.07 Å². The lowest BCUT2D eigenvalue weighted by atomic mass is 10.2. The second-order valence-corrected chi connectivity index (χ2v) is 3.69. The van der Waals surface area contributed by atoms with Crippen LogP contribution in [0.3, 0.4) is 0 Å². The van der Waals surface area contributed by atoms with Crippen LogP contribution in [0, 0.1) is 10.1 Å². The monoisotopic (exact) mass is 275 g/mol. The highest BCUT2D eigenvalue weighted by molar-refractivity contribution is 5.88. The molecule has 102 valence electrons. The molecule has 1 heterocycles. The normalized spacial score (nSPS) is 10.6. The summed E-state index contributed by atoms with van der Waals surface area (Å²) in [5.74, 6) is -1.21. The Bertz CT molecular complexity index is 677. The second kappa shape index (κ2) is 5.65. The quantitative estimate of drug-likeness (QED) is 0.491. The SMILES string of the molecule is O=C(O)c1cccc(N/N=C\c2ccc([N+](=O)[O-])o2)c1. The number of nitro groups is 1. The Morgan fingerprint density at radius 1 is 1.40 bits per heavy atom. The number of benzene rings is 1. The molecule has 0 saturated heterocycles. The van der Waals surface area contributed by atoms with E-state index in [1.165, 1.54) is 30.5 Å². The van der Waals surface area contributed by atoms with Crippen molar-refractivity contribution in [1.29, 1.82) is 0 Å². The van der Waals surface area contributed by atoms with Crippen LogP contribution in [0.5, 0.6) is 0 Å². The zero-order chi connectivity index (χ0) is 14.5. The number of aromatic carboxylic acids is 1. The van der Waals surface area contributed by atoms with Gasteiger partial charge in [-0.25, -0.2) is 4.79 Å². The first-order valence-corrected chi connectivity index (χ1v) is 5.43. The molecule has 20 heavy (non-hydrogen) atoms. The van der Waals surface area contributed by atoms with E-state index in [1.54, 1.807) is 12.1 Å². The first-order chi connectivity index (χ1) is 9.56. The van der Waals surface area contributed by atoms with Gasteiger partial charge in [0.1, 0.15) is 4.92 Å². The molecule has 8 nitrogen and oxygen atoms in total. The number of carbonyl (C=O) groups is 1. The molecule has 1 aromatic heterocycles. The van der Waals surface area contributed by atoms with Crippen LogP contribution in [0.1, 0.15) is 16.1 Å². The van der Waals surface area contributed by atoms with Crippen LogP contribution in [0.4, 0.5) is 11.6 Å². The van der Waals surface area contributed by atoms with E-state index in [0.29, 0.717) is 5.69 Å². The standard InChI is InChI=1S/C12H9N3O5/c16-12(17)8-2-1-3-9(6-8)14-13-7-10-4-5-11(20-10)15(18)19/h1-7,14H,(H,16,17)/b13-7-. The van der Waals surface area contributed by atoms with E-state index in [9.17, 15) is 14.9 Å². The molecule has 0 aliphatic carbocycles. The molecular formula is C12H9N3O5. The number of furan rings is 1. The smallest absolute Gasteiger partial charge is 0.433 e. The van der Waals surface area contributed by atoms with Gasteiger partial charge in [-0.2, -0.15) is 5.10 Å². The number of hydrazone groups is 1. The number of carboxylic acids is 1. The predicted molar refractivity (Wildman–Crippen MR) is 70.0 cm³/mol. The third kappa shape index (κ3) is 3.19. The molecule has 2 N–H and O–H groups in total. The zero-order valence-electron chi connectivity index (χ0n) is 10.0. The second-order valence-electron chi connectivity index (χ2n) is 3.69. The van der Waals surface area contributed by atoms with E-state index in [0.717, 1.165) is 0 Å². The van der Waals surface area contributed by atoms with Crippen molar-refractivity contribution in [2.45, 2.75) is 0 Å². The minimum atomic E-state index is -1.04. The van der Waals surface area contributed by atoms with E-state index in [2.05, 4.69) is 10.5 Å². The third-order valence-electron chi connectivity index (χ3n) is 2.29. The van der Waals surface area contributed by atoms with Crippen molar-refractivity contribution < 1.29 is 19.2 Å². The summed E-state index contributed by atoms with van der Waals surface area (Å²) in [7, 11) is 0. The van der Waals surface area contributed by atoms with Gasteiger partial charge in [0.2, 0.25) is 0 Å². The van der Waals surface area contributed by atoms with E-state index >= 15 is 0 Å². The number of nitrogens with zero attached hydrogens (tertiary/aromatic N) is 2. The summed E-state index contributed by atoms with van der Waals surface area (Å²) in [5, 5.41) is 23.0. The topological polar surface area (TPSA) is 118 Å². The molecule has 0 fully saturated rings. The lowest BCUT2D eigenvalue weighted by Crippen LogP contribution is -1.97. The van der Waals surface area contributed by atoms with Gasteiger partial charge in [0.25, 0.3) is 0 Å². The lowest BCUT2D eigenvalue weighted by Gasteiger charge is -2.00. The van der Waals surface area contributed by atoms with Crippen LogP contribution in [0.25, 0.3) is 0 Å². The van der Waals surface area contributed by atoms with Gasteiger partial charge in [-0.05, 0) is 24.3 Å². The van der Waals surface area contributed by atoms with Crippen LogP contribution in [-0.4, -0.2) is 22.2 Å². The average molecular weight is 275 g/mol. The molecule has 0 aliphatic rings. The fourth-order valence-corrected chi connectivity index (χ4v) is 1.40. The number of hydrogen-bond acceptors (Lipinski definition) is 6. The number of rotatable bonds is 5. The number of nitrogens with one attached hydrogen (secondary N) is 1. The molecule has 2 rings (SSSR count). The van der Waals surface area contributed by atoms with Gasteiger partial charge in [0, 0.05) is 0 Å². The number of carboxylic acid groups (broad SMARTS) is 1.